The summed E-state index contributed by atoms with van der Waals surface area (Å²) in [5.41, 5.74) is -0.376. The topological polar surface area (TPSA) is 69.6 Å². The third-order valence-electron chi connectivity index (χ3n) is 4.00. The third kappa shape index (κ3) is 4.39. The zero-order chi connectivity index (χ0) is 15.3. The molecule has 0 aromatic heterocycles. The first-order valence-electron chi connectivity index (χ1n) is 7.53. The molecule has 1 aliphatic rings. The first kappa shape index (κ1) is 16.8. The Hall–Kier alpha value is -1.26. The van der Waals surface area contributed by atoms with Crippen LogP contribution in [0.25, 0.3) is 0 Å². The van der Waals surface area contributed by atoms with Gasteiger partial charge < -0.3 is 15.3 Å². The molecule has 0 saturated carbocycles. The Kier molecular flexibility index (Phi) is 5.84. The minimum atomic E-state index is -0.910. The number of piperidine rings is 1. The van der Waals surface area contributed by atoms with E-state index in [4.69, 9.17) is 0 Å². The number of aliphatic carboxylic acids is 1. The zero-order valence-corrected chi connectivity index (χ0v) is 13.1. The molecule has 0 aromatic rings. The van der Waals surface area contributed by atoms with E-state index in [2.05, 4.69) is 19.2 Å². The number of hydrogen-bond donors (Lipinski definition) is 2. The van der Waals surface area contributed by atoms with Crippen LogP contribution in [-0.2, 0) is 4.79 Å². The van der Waals surface area contributed by atoms with Gasteiger partial charge in [0.25, 0.3) is 0 Å². The lowest BCUT2D eigenvalue weighted by molar-refractivity contribution is -0.148. The lowest BCUT2D eigenvalue weighted by Gasteiger charge is -2.43. The van der Waals surface area contributed by atoms with Crippen molar-refractivity contribution in [2.24, 2.45) is 11.3 Å². The van der Waals surface area contributed by atoms with Gasteiger partial charge in [-0.2, -0.15) is 0 Å². The maximum Gasteiger partial charge on any atom is 0.327 e. The number of carbonyl (C=O) groups is 2. The van der Waals surface area contributed by atoms with Gasteiger partial charge in [-0.25, -0.2) is 9.59 Å². The molecule has 1 heterocycles. The summed E-state index contributed by atoms with van der Waals surface area (Å²) in [5, 5.41) is 12.3. The summed E-state index contributed by atoms with van der Waals surface area (Å²) in [7, 11) is 0. The summed E-state index contributed by atoms with van der Waals surface area (Å²) in [6, 6.07) is -0.977. The Labute approximate surface area is 121 Å². The number of carbonyl (C=O) groups excluding carboxylic acids is 1. The van der Waals surface area contributed by atoms with Crippen LogP contribution in [-0.4, -0.2) is 41.1 Å². The minimum Gasteiger partial charge on any atom is -0.480 e. The SMILES string of the molecule is CC(C)CCCNC(=O)N1CCCC(C)(C)C1C(=O)O. The number of carboxylic acid groups (broad SMARTS) is 1. The van der Waals surface area contributed by atoms with Crippen LogP contribution in [0.5, 0.6) is 0 Å². The van der Waals surface area contributed by atoms with E-state index in [9.17, 15) is 14.7 Å². The molecule has 1 atom stereocenters. The van der Waals surface area contributed by atoms with Crippen LogP contribution < -0.4 is 5.32 Å². The quantitative estimate of drug-likeness (QED) is 0.763. The Balaban J connectivity index is 2.58. The molecule has 20 heavy (non-hydrogen) atoms. The van der Waals surface area contributed by atoms with E-state index in [1.807, 2.05) is 13.8 Å². The van der Waals surface area contributed by atoms with Crippen LogP contribution in [0.4, 0.5) is 4.79 Å². The zero-order valence-electron chi connectivity index (χ0n) is 13.1. The van der Waals surface area contributed by atoms with Crippen molar-refractivity contribution in [2.75, 3.05) is 13.1 Å². The molecule has 5 heteroatoms. The largest absolute Gasteiger partial charge is 0.480 e. The fourth-order valence-corrected chi connectivity index (χ4v) is 2.89. The lowest BCUT2D eigenvalue weighted by atomic mass is 9.76. The monoisotopic (exact) mass is 284 g/mol. The fourth-order valence-electron chi connectivity index (χ4n) is 2.89. The predicted molar refractivity (Wildman–Crippen MR) is 78.6 cm³/mol. The molecule has 1 aliphatic heterocycles. The first-order valence-corrected chi connectivity index (χ1v) is 7.53. The van der Waals surface area contributed by atoms with Gasteiger partial charge in [0.2, 0.25) is 0 Å². The predicted octanol–water partition coefficient (Wildman–Crippen LogP) is 2.71. The highest BCUT2D eigenvalue weighted by atomic mass is 16.4. The van der Waals surface area contributed by atoms with Gasteiger partial charge in [-0.3, -0.25) is 0 Å². The second-order valence-corrected chi connectivity index (χ2v) is 6.79. The van der Waals surface area contributed by atoms with E-state index >= 15 is 0 Å². The van der Waals surface area contributed by atoms with E-state index in [0.717, 1.165) is 25.7 Å². The van der Waals surface area contributed by atoms with Crippen molar-refractivity contribution in [3.63, 3.8) is 0 Å². The summed E-state index contributed by atoms with van der Waals surface area (Å²) in [6.45, 7) is 9.27. The van der Waals surface area contributed by atoms with Crippen molar-refractivity contribution in [1.29, 1.82) is 0 Å². The summed E-state index contributed by atoms with van der Waals surface area (Å²) in [5.74, 6) is -0.292. The van der Waals surface area contributed by atoms with Gasteiger partial charge in [-0.15, -0.1) is 0 Å². The Bertz CT molecular complexity index is 353. The molecule has 5 nitrogen and oxygen atoms in total. The summed E-state index contributed by atoms with van der Waals surface area (Å²) in [6.07, 6.45) is 3.68. The van der Waals surface area contributed by atoms with Crippen LogP contribution in [0.15, 0.2) is 0 Å². The normalized spacial score (nSPS) is 21.9. The summed E-state index contributed by atoms with van der Waals surface area (Å²) in [4.78, 5) is 25.2. The molecule has 1 rings (SSSR count). The van der Waals surface area contributed by atoms with Gasteiger partial charge in [-0.05, 0) is 37.0 Å². The second-order valence-electron chi connectivity index (χ2n) is 6.79. The van der Waals surface area contributed by atoms with Crippen molar-refractivity contribution in [3.8, 4) is 0 Å². The van der Waals surface area contributed by atoms with E-state index in [1.54, 1.807) is 0 Å². The molecule has 1 fully saturated rings. The van der Waals surface area contributed by atoms with Gasteiger partial charge >= 0.3 is 12.0 Å². The van der Waals surface area contributed by atoms with E-state index in [0.29, 0.717) is 19.0 Å². The number of nitrogens with one attached hydrogen (secondary N) is 1. The van der Waals surface area contributed by atoms with Gasteiger partial charge in [0, 0.05) is 13.1 Å². The Morgan fingerprint density at radius 3 is 2.60 bits per heavy atom. The molecular formula is C15H28N2O3. The van der Waals surface area contributed by atoms with Crippen molar-refractivity contribution >= 4 is 12.0 Å². The number of amides is 2. The van der Waals surface area contributed by atoms with Crippen molar-refractivity contribution < 1.29 is 14.7 Å². The summed E-state index contributed by atoms with van der Waals surface area (Å²) < 4.78 is 0. The van der Waals surface area contributed by atoms with Crippen LogP contribution >= 0.6 is 0 Å². The van der Waals surface area contributed by atoms with Gasteiger partial charge in [0.15, 0.2) is 0 Å². The highest BCUT2D eigenvalue weighted by Gasteiger charge is 2.44. The van der Waals surface area contributed by atoms with E-state index in [-0.39, 0.29) is 11.4 Å². The fraction of sp³-hybridized carbons (Fsp3) is 0.867. The maximum absolute atomic E-state index is 12.2. The molecular weight excluding hydrogens is 256 g/mol. The lowest BCUT2D eigenvalue weighted by Crippen LogP contribution is -2.58. The average Bonchev–Trinajstić information content (AvgIpc) is 2.32. The molecule has 0 bridgehead atoms. The van der Waals surface area contributed by atoms with Crippen molar-refractivity contribution in [1.82, 2.24) is 10.2 Å². The number of nitrogens with zero attached hydrogens (tertiary/aromatic N) is 1. The molecule has 2 N–H and O–H groups in total. The second kappa shape index (κ2) is 6.95. The smallest absolute Gasteiger partial charge is 0.327 e. The minimum absolute atomic E-state index is 0.242. The molecule has 1 unspecified atom stereocenters. The van der Waals surface area contributed by atoms with E-state index < -0.39 is 12.0 Å². The van der Waals surface area contributed by atoms with Gasteiger partial charge in [0.05, 0.1) is 0 Å². The molecule has 0 radical (unpaired) electrons. The Morgan fingerprint density at radius 1 is 1.40 bits per heavy atom. The first-order chi connectivity index (χ1) is 9.25. The highest BCUT2D eigenvalue weighted by molar-refractivity contribution is 5.83. The number of rotatable bonds is 5. The number of hydrogen-bond acceptors (Lipinski definition) is 2. The number of carboxylic acids is 1. The Morgan fingerprint density at radius 2 is 2.05 bits per heavy atom. The molecule has 0 aliphatic carbocycles. The van der Waals surface area contributed by atoms with Crippen LogP contribution in [0.3, 0.4) is 0 Å². The maximum atomic E-state index is 12.2. The molecule has 116 valence electrons. The van der Waals surface area contributed by atoms with Crippen LogP contribution in [0.2, 0.25) is 0 Å². The molecule has 2 amide bonds. The molecule has 0 aromatic carbocycles. The van der Waals surface area contributed by atoms with Crippen molar-refractivity contribution in [2.45, 2.75) is 59.4 Å². The third-order valence-corrected chi connectivity index (χ3v) is 4.00. The number of likely N-dealkylation sites (tertiary alicyclic amines) is 1. The van der Waals surface area contributed by atoms with Crippen molar-refractivity contribution in [3.05, 3.63) is 0 Å². The van der Waals surface area contributed by atoms with Gasteiger partial charge in [-0.1, -0.05) is 27.7 Å². The molecule has 0 spiro atoms. The van der Waals surface area contributed by atoms with Crippen LogP contribution in [0.1, 0.15) is 53.4 Å². The highest BCUT2D eigenvalue weighted by Crippen LogP contribution is 2.35. The number of urea groups is 1. The average molecular weight is 284 g/mol. The van der Waals surface area contributed by atoms with Gasteiger partial charge in [0.1, 0.15) is 6.04 Å². The van der Waals surface area contributed by atoms with Crippen LogP contribution in [0, 0.1) is 11.3 Å². The standard InChI is InChI=1S/C15H28N2O3/c1-11(2)7-5-9-16-14(20)17-10-6-8-15(3,4)12(17)13(18)19/h11-12H,5-10H2,1-4H3,(H,16,20)(H,18,19). The summed E-state index contributed by atoms with van der Waals surface area (Å²) >= 11 is 0. The molecule has 1 saturated heterocycles. The van der Waals surface area contributed by atoms with E-state index in [1.165, 1.54) is 4.90 Å².